The molecule has 5 unspecified atom stereocenters. The highest BCUT2D eigenvalue weighted by atomic mass is 35.5. The molecule has 5 atom stereocenters. The van der Waals surface area contributed by atoms with Crippen LogP contribution in [-0.2, 0) is 0 Å². The zero-order valence-electron chi connectivity index (χ0n) is 85.6. The van der Waals surface area contributed by atoms with Crippen molar-refractivity contribution in [2.45, 2.75) is 30.2 Å². The monoisotopic (exact) mass is 1530 g/mol. The molecule has 0 radical (unpaired) electrons. The van der Waals surface area contributed by atoms with E-state index >= 15 is 0 Å². The predicted molar refractivity (Wildman–Crippen MR) is 444 cm³/mol. The van der Waals surface area contributed by atoms with Crippen LogP contribution in [0.4, 0.5) is 0 Å². The molecule has 15 rings (SSSR count). The first-order valence-corrected chi connectivity index (χ1v) is 36.6. The van der Waals surface area contributed by atoms with Crippen LogP contribution in [0.5, 0.6) is 0 Å². The summed E-state index contributed by atoms with van der Waals surface area (Å²) in [6.45, 7) is -24.2. The first-order chi connectivity index (χ1) is 61.6. The summed E-state index contributed by atoms with van der Waals surface area (Å²) in [5, 5.41) is 2.86. The van der Waals surface area contributed by atoms with E-state index in [1.54, 1.807) is 102 Å². The standard InChI is InChI=1S/5C18H21ClN2/c5*1-20-11-13-21(14-12-20)18(15-5-3-2-4-6-15)16-7-9-17(19)10-8-16/h5*2-10,18H,11-14H2,1H3/i1D3,11D2,12D2,13D2,14D2;11D2,12D2,13D2,14D2;1D3,18D;18D;1D3. The van der Waals surface area contributed by atoms with Crippen molar-refractivity contribution in [2.24, 2.45) is 0 Å². The van der Waals surface area contributed by atoms with Crippen LogP contribution in [0.15, 0.2) is 273 Å². The van der Waals surface area contributed by atoms with E-state index in [1.807, 2.05) is 132 Å². The molecule has 5 aliphatic rings. The number of hydrogen-bond acceptors (Lipinski definition) is 10. The van der Waals surface area contributed by atoms with Gasteiger partial charge in [-0.2, -0.15) is 0 Å². The summed E-state index contributed by atoms with van der Waals surface area (Å²) in [6, 6.07) is 77.8. The van der Waals surface area contributed by atoms with E-state index in [0.717, 1.165) is 73.6 Å². The fraction of sp³-hybridized carbons (Fsp3) is 0.333. The summed E-state index contributed by atoms with van der Waals surface area (Å²) in [5.74, 6) is 0. The molecular weight excluding hydrogens is 1400 g/mol. The maximum Gasteiger partial charge on any atom is 0.0602 e. The normalized spacial score (nSPS) is 27.2. The summed E-state index contributed by atoms with van der Waals surface area (Å²) in [4.78, 5) is 13.3. The zero-order chi connectivity index (χ0) is 97.0. The van der Waals surface area contributed by atoms with Gasteiger partial charge in [0.15, 0.2) is 0 Å². The molecule has 0 bridgehead atoms. The van der Waals surface area contributed by atoms with E-state index in [-0.39, 0.29) is 10.9 Å². The number of piperazine rings is 5. The highest BCUT2D eigenvalue weighted by molar-refractivity contribution is 6.31. The van der Waals surface area contributed by atoms with Crippen molar-refractivity contribution in [3.63, 3.8) is 0 Å². The Hall–Kier alpha value is -6.75. The number of likely N-dealkylation sites (N-methyl/N-ethyl adjacent to an activating group) is 5. The van der Waals surface area contributed by atoms with Crippen LogP contribution in [-0.4, -0.2) is 215 Å². The van der Waals surface area contributed by atoms with Gasteiger partial charge in [-0.25, -0.2) is 0 Å². The van der Waals surface area contributed by atoms with Crippen LogP contribution < -0.4 is 0 Å². The molecule has 550 valence electrons. The molecule has 0 spiro atoms. The molecule has 15 heteroatoms. The molecule has 0 saturated carbocycles. The second-order valence-corrected chi connectivity index (χ2v) is 27.5. The van der Waals surface area contributed by atoms with E-state index < -0.39 is 97.0 Å². The smallest absolute Gasteiger partial charge is 0.0602 e. The molecule has 105 heavy (non-hydrogen) atoms. The van der Waals surface area contributed by atoms with E-state index in [1.165, 1.54) is 40.3 Å². The molecule has 10 nitrogen and oxygen atoms in total. The third-order valence-electron chi connectivity index (χ3n) is 18.1. The molecule has 0 aliphatic carbocycles. The lowest BCUT2D eigenvalue weighted by Crippen LogP contribution is -2.46. The highest BCUT2D eigenvalue weighted by Crippen LogP contribution is 2.36. The Morgan fingerprint density at radius 1 is 0.229 bits per heavy atom. The SMILES string of the molecule is [2H]C([2H])([2H])N1C([2H])([2H])C([2H])([2H])N(C(c2ccccc2)c2ccc(Cl)cc2)C([2H])([2H])C1([2H])[2H].[2H]C([2H])([2H])N1CCN(C([2H])(c2ccccc2)c2ccc(Cl)cc2)CC1.[2H]C([2H])([2H])N1CCN(C(c2ccccc2)c2ccc(Cl)cc2)CC1.[2H]C(c1ccccc1)(c1ccc(Cl)cc1)N1CCN(C)CC1.[2H]C1([2H])N(C)C([2H])([2H])C([2H])([2H])N(C(c2ccccc2)c2ccc(Cl)cc2)C1([2H])[2H]. The fourth-order valence-corrected chi connectivity index (χ4v) is 13.3. The Bertz CT molecular complexity index is 5270. The van der Waals surface area contributed by atoms with Crippen LogP contribution in [0.3, 0.4) is 0 Å². The summed E-state index contributed by atoms with van der Waals surface area (Å²) in [5.41, 5.74) is 7.68. The summed E-state index contributed by atoms with van der Waals surface area (Å²) in [7, 11) is 3.18. The minimum atomic E-state index is -3.46. The maximum atomic E-state index is 9.31. The molecule has 0 aromatic heterocycles. The van der Waals surface area contributed by atoms with Gasteiger partial charge in [-0.1, -0.05) is 270 Å². The predicted octanol–water partition coefficient (Wildman–Crippen LogP) is 18.4. The fourth-order valence-electron chi connectivity index (χ4n) is 12.7. The molecule has 5 fully saturated rings. The number of nitrogens with zero attached hydrogens (tertiary/aromatic N) is 10. The summed E-state index contributed by atoms with van der Waals surface area (Å²) < 4.78 is 222. The second kappa shape index (κ2) is 41.0. The highest BCUT2D eigenvalue weighted by Gasteiger charge is 2.31. The lowest BCUT2D eigenvalue weighted by Gasteiger charge is -2.38. The average molecular weight is 1530 g/mol. The number of rotatable bonds is 15. The lowest BCUT2D eigenvalue weighted by atomic mass is 9.96. The van der Waals surface area contributed by atoms with Gasteiger partial charge in [0.1, 0.15) is 0 Å². The number of benzene rings is 10. The van der Waals surface area contributed by atoms with Gasteiger partial charge in [-0.05, 0) is 151 Å². The number of hydrogen-bond donors (Lipinski definition) is 0. The molecule has 5 aliphatic heterocycles. The van der Waals surface area contributed by atoms with Gasteiger partial charge in [0.25, 0.3) is 0 Å². The van der Waals surface area contributed by atoms with Crippen molar-refractivity contribution in [3.05, 3.63) is 354 Å². The van der Waals surface area contributed by atoms with Crippen LogP contribution in [0.1, 0.15) is 123 Å². The number of halogens is 5. The Morgan fingerprint density at radius 2 is 0.438 bits per heavy atom. The molecule has 0 N–H and O–H groups in total. The first-order valence-electron chi connectivity index (χ1n) is 48.2. The van der Waals surface area contributed by atoms with E-state index in [4.69, 9.17) is 92.3 Å². The molecule has 0 amide bonds. The van der Waals surface area contributed by atoms with Crippen LogP contribution >= 0.6 is 58.0 Å². The van der Waals surface area contributed by atoms with Crippen molar-refractivity contribution in [2.75, 3.05) is 166 Å². The van der Waals surface area contributed by atoms with Gasteiger partial charge in [-0.3, -0.25) is 24.5 Å². The molecular formula is C90H105Cl5N10. The van der Waals surface area contributed by atoms with Crippen LogP contribution in [0.25, 0.3) is 0 Å². The lowest BCUT2D eigenvalue weighted by molar-refractivity contribution is 0.127. The zero-order valence-corrected chi connectivity index (χ0v) is 62.3. The molecule has 10 aromatic carbocycles. The Labute approximate surface area is 690 Å². The largest absolute Gasteiger partial charge is 0.304 e. The minimum Gasteiger partial charge on any atom is -0.304 e. The third kappa shape index (κ3) is 23.6. The van der Waals surface area contributed by atoms with Crippen molar-refractivity contribution in [1.82, 2.24) is 49.0 Å². The molecule has 10 aromatic rings. The van der Waals surface area contributed by atoms with Crippen molar-refractivity contribution >= 4 is 58.0 Å². The van der Waals surface area contributed by atoms with Crippen LogP contribution in [0, 0.1) is 0 Å². The second-order valence-electron chi connectivity index (χ2n) is 25.4. The minimum absolute atomic E-state index is 0.113. The van der Waals surface area contributed by atoms with Gasteiger partial charge in [0.2, 0.25) is 0 Å². The summed E-state index contributed by atoms with van der Waals surface area (Å²) in [6.07, 6.45) is 0. The van der Waals surface area contributed by atoms with Crippen molar-refractivity contribution in [3.8, 4) is 0 Å². The van der Waals surface area contributed by atoms with Crippen molar-refractivity contribution in [1.29, 1.82) is 0 Å². The quantitative estimate of drug-likeness (QED) is 0.0990. The van der Waals surface area contributed by atoms with Gasteiger partial charge in [-0.15, -0.1) is 0 Å². The van der Waals surface area contributed by atoms with E-state index in [9.17, 15) is 2.74 Å². The molecule has 5 saturated heterocycles. The van der Waals surface area contributed by atoms with Gasteiger partial charge >= 0.3 is 0 Å². The molecule has 5 heterocycles. The summed E-state index contributed by atoms with van der Waals surface area (Å²) >= 11 is 30.0. The first kappa shape index (κ1) is 50.8. The topological polar surface area (TPSA) is 32.4 Å². The van der Waals surface area contributed by atoms with E-state index in [0.29, 0.717) is 96.3 Å². The van der Waals surface area contributed by atoms with Crippen molar-refractivity contribution < 1.29 is 37.0 Å². The van der Waals surface area contributed by atoms with Gasteiger partial charge in [0.05, 0.1) is 32.9 Å². The average Bonchev–Trinajstić information content (AvgIpc) is 0.675. The maximum absolute atomic E-state index is 9.31. The van der Waals surface area contributed by atoms with Gasteiger partial charge < -0.3 is 24.5 Å². The Morgan fingerprint density at radius 3 is 0.714 bits per heavy atom. The van der Waals surface area contributed by atoms with E-state index in [2.05, 4.69) is 46.0 Å². The third-order valence-corrected chi connectivity index (χ3v) is 19.3. The Kier molecular flexibility index (Phi) is 19.8. The Balaban J connectivity index is 0.000000160. The van der Waals surface area contributed by atoms with Crippen LogP contribution in [0.2, 0.25) is 25.1 Å². The van der Waals surface area contributed by atoms with Gasteiger partial charge in [0, 0.05) is 190 Å².